The van der Waals surface area contributed by atoms with Crippen molar-refractivity contribution in [2.45, 2.75) is 20.0 Å². The molecule has 1 rings (SSSR count). The number of rotatable bonds is 1. The summed E-state index contributed by atoms with van der Waals surface area (Å²) in [7, 11) is 0. The summed E-state index contributed by atoms with van der Waals surface area (Å²) in [6.45, 7) is 2.48. The second-order valence-electron chi connectivity index (χ2n) is 3.20. The normalized spacial score (nSPS) is 11.6. The molecule has 0 spiro atoms. The third-order valence-electron chi connectivity index (χ3n) is 2.00. The molecular formula is C10H8ClF3O. The fourth-order valence-electron chi connectivity index (χ4n) is 1.25. The molecule has 0 saturated heterocycles. The predicted molar refractivity (Wildman–Crippen MR) is 51.2 cm³/mol. The van der Waals surface area contributed by atoms with Crippen LogP contribution in [0.4, 0.5) is 13.2 Å². The highest BCUT2D eigenvalue weighted by atomic mass is 35.5. The van der Waals surface area contributed by atoms with Gasteiger partial charge in [-0.2, -0.15) is 13.2 Å². The minimum Gasteiger partial charge on any atom is -0.294 e. The molecule has 0 radical (unpaired) electrons. The molecule has 5 heteroatoms. The maximum atomic E-state index is 12.5. The van der Waals surface area contributed by atoms with Crippen molar-refractivity contribution >= 4 is 17.4 Å². The molecule has 0 bridgehead atoms. The van der Waals surface area contributed by atoms with Crippen LogP contribution in [0, 0.1) is 6.92 Å². The van der Waals surface area contributed by atoms with Crippen molar-refractivity contribution in [2.24, 2.45) is 0 Å². The third-order valence-corrected chi connectivity index (χ3v) is 2.31. The summed E-state index contributed by atoms with van der Waals surface area (Å²) in [6, 6.07) is 1.95. The number of carbonyl (C=O) groups excluding carboxylic acids is 1. The highest BCUT2D eigenvalue weighted by Crippen LogP contribution is 2.34. The Bertz CT molecular complexity index is 410. The summed E-state index contributed by atoms with van der Waals surface area (Å²) in [5.41, 5.74) is -0.913. The lowest BCUT2D eigenvalue weighted by Gasteiger charge is -2.12. The first-order valence-corrected chi connectivity index (χ1v) is 4.49. The smallest absolute Gasteiger partial charge is 0.294 e. The van der Waals surface area contributed by atoms with Gasteiger partial charge in [0.15, 0.2) is 5.78 Å². The Labute approximate surface area is 89.9 Å². The van der Waals surface area contributed by atoms with Crippen LogP contribution in [0.25, 0.3) is 0 Å². The van der Waals surface area contributed by atoms with E-state index in [0.29, 0.717) is 0 Å². The van der Waals surface area contributed by atoms with Gasteiger partial charge in [-0.1, -0.05) is 11.6 Å². The average molecular weight is 237 g/mol. The standard InChI is InChI=1S/C10H8ClF3O/c1-5-3-9(11)7(6(2)15)4-8(5)10(12,13)14/h3-4H,1-2H3. The predicted octanol–water partition coefficient (Wildman–Crippen LogP) is 3.87. The van der Waals surface area contributed by atoms with E-state index in [1.165, 1.54) is 13.8 Å². The Morgan fingerprint density at radius 2 is 1.87 bits per heavy atom. The minimum absolute atomic E-state index is 0.0116. The van der Waals surface area contributed by atoms with Crippen LogP contribution in [0.1, 0.15) is 28.4 Å². The van der Waals surface area contributed by atoms with Gasteiger partial charge in [-0.25, -0.2) is 0 Å². The van der Waals surface area contributed by atoms with Crippen LogP contribution in [-0.2, 0) is 6.18 Å². The first kappa shape index (κ1) is 12.0. The maximum absolute atomic E-state index is 12.5. The van der Waals surface area contributed by atoms with E-state index in [4.69, 9.17) is 11.6 Å². The monoisotopic (exact) mass is 236 g/mol. The lowest BCUT2D eigenvalue weighted by atomic mass is 10.0. The van der Waals surface area contributed by atoms with Crippen LogP contribution in [0.2, 0.25) is 5.02 Å². The largest absolute Gasteiger partial charge is 0.416 e. The Morgan fingerprint density at radius 3 is 2.27 bits per heavy atom. The minimum atomic E-state index is -4.46. The van der Waals surface area contributed by atoms with Gasteiger partial charge in [-0.3, -0.25) is 4.79 Å². The Kier molecular flexibility index (Phi) is 3.09. The van der Waals surface area contributed by atoms with Gasteiger partial charge in [0, 0.05) is 5.56 Å². The first-order valence-electron chi connectivity index (χ1n) is 4.11. The molecular weight excluding hydrogens is 229 g/mol. The van der Waals surface area contributed by atoms with E-state index >= 15 is 0 Å². The van der Waals surface area contributed by atoms with Crippen molar-refractivity contribution in [3.8, 4) is 0 Å². The molecule has 0 unspecified atom stereocenters. The number of alkyl halides is 3. The molecule has 1 nitrogen and oxygen atoms in total. The van der Waals surface area contributed by atoms with E-state index in [0.717, 1.165) is 12.1 Å². The van der Waals surface area contributed by atoms with Crippen molar-refractivity contribution in [3.05, 3.63) is 33.8 Å². The van der Waals surface area contributed by atoms with Gasteiger partial charge in [0.25, 0.3) is 0 Å². The van der Waals surface area contributed by atoms with E-state index in [-0.39, 0.29) is 16.1 Å². The maximum Gasteiger partial charge on any atom is 0.416 e. The average Bonchev–Trinajstić information content (AvgIpc) is 2.00. The summed E-state index contributed by atoms with van der Waals surface area (Å²) in [5, 5.41) is 0.0491. The molecule has 0 aliphatic rings. The molecule has 82 valence electrons. The SMILES string of the molecule is CC(=O)c1cc(C(F)(F)F)c(C)cc1Cl. The molecule has 0 fully saturated rings. The van der Waals surface area contributed by atoms with Crippen LogP contribution in [0.5, 0.6) is 0 Å². The molecule has 0 aliphatic carbocycles. The molecule has 15 heavy (non-hydrogen) atoms. The zero-order chi connectivity index (χ0) is 11.8. The summed E-state index contributed by atoms with van der Waals surface area (Å²) in [5.74, 6) is -0.481. The van der Waals surface area contributed by atoms with Gasteiger partial charge in [-0.05, 0) is 31.5 Å². The molecule has 1 aromatic rings. The number of carbonyl (C=O) groups is 1. The molecule has 0 atom stereocenters. The molecule has 0 saturated carbocycles. The van der Waals surface area contributed by atoms with Crippen molar-refractivity contribution in [1.82, 2.24) is 0 Å². The fraction of sp³-hybridized carbons (Fsp3) is 0.300. The highest BCUT2D eigenvalue weighted by molar-refractivity contribution is 6.34. The second-order valence-corrected chi connectivity index (χ2v) is 3.61. The number of Topliss-reactive ketones (excluding diaryl/α,β-unsaturated/α-hetero) is 1. The van der Waals surface area contributed by atoms with Crippen molar-refractivity contribution in [2.75, 3.05) is 0 Å². The van der Waals surface area contributed by atoms with E-state index in [1.54, 1.807) is 0 Å². The van der Waals surface area contributed by atoms with E-state index in [9.17, 15) is 18.0 Å². The second kappa shape index (κ2) is 3.85. The number of aryl methyl sites for hydroxylation is 1. The summed E-state index contributed by atoms with van der Waals surface area (Å²) >= 11 is 5.66. The number of hydrogen-bond donors (Lipinski definition) is 0. The topological polar surface area (TPSA) is 17.1 Å². The van der Waals surface area contributed by atoms with Gasteiger partial charge < -0.3 is 0 Å². The Balaban J connectivity index is 3.43. The molecule has 0 N–H and O–H groups in total. The zero-order valence-corrected chi connectivity index (χ0v) is 8.83. The van der Waals surface area contributed by atoms with Gasteiger partial charge in [0.05, 0.1) is 10.6 Å². The highest BCUT2D eigenvalue weighted by Gasteiger charge is 2.33. The summed E-state index contributed by atoms with van der Waals surface area (Å²) < 4.78 is 37.4. The van der Waals surface area contributed by atoms with E-state index in [1.807, 2.05) is 0 Å². The van der Waals surface area contributed by atoms with Crippen LogP contribution >= 0.6 is 11.6 Å². The van der Waals surface area contributed by atoms with Crippen molar-refractivity contribution in [3.63, 3.8) is 0 Å². The van der Waals surface area contributed by atoms with Gasteiger partial charge in [0.2, 0.25) is 0 Å². The van der Waals surface area contributed by atoms with Crippen molar-refractivity contribution in [1.29, 1.82) is 0 Å². The van der Waals surface area contributed by atoms with Gasteiger partial charge in [-0.15, -0.1) is 0 Å². The Morgan fingerprint density at radius 1 is 1.33 bits per heavy atom. The number of benzene rings is 1. The number of ketones is 1. The molecule has 0 aliphatic heterocycles. The van der Waals surface area contributed by atoms with E-state index < -0.39 is 17.5 Å². The van der Waals surface area contributed by atoms with Gasteiger partial charge in [0.1, 0.15) is 0 Å². The van der Waals surface area contributed by atoms with Crippen LogP contribution in [-0.4, -0.2) is 5.78 Å². The Hall–Kier alpha value is -1.03. The van der Waals surface area contributed by atoms with Crippen LogP contribution < -0.4 is 0 Å². The van der Waals surface area contributed by atoms with Crippen LogP contribution in [0.15, 0.2) is 12.1 Å². The van der Waals surface area contributed by atoms with Crippen molar-refractivity contribution < 1.29 is 18.0 Å². The number of hydrogen-bond acceptors (Lipinski definition) is 1. The third kappa shape index (κ3) is 2.50. The lowest BCUT2D eigenvalue weighted by molar-refractivity contribution is -0.138. The van der Waals surface area contributed by atoms with Crippen LogP contribution in [0.3, 0.4) is 0 Å². The summed E-state index contributed by atoms with van der Waals surface area (Å²) in [4.78, 5) is 11.0. The fourth-order valence-corrected chi connectivity index (χ4v) is 1.60. The molecule has 1 aromatic carbocycles. The zero-order valence-electron chi connectivity index (χ0n) is 8.07. The lowest BCUT2D eigenvalue weighted by Crippen LogP contribution is -2.09. The van der Waals surface area contributed by atoms with E-state index in [2.05, 4.69) is 0 Å². The molecule has 0 aromatic heterocycles. The summed E-state index contributed by atoms with van der Waals surface area (Å²) in [6.07, 6.45) is -4.46. The quantitative estimate of drug-likeness (QED) is 0.677. The molecule has 0 heterocycles. The first-order chi connectivity index (χ1) is 6.73. The van der Waals surface area contributed by atoms with Gasteiger partial charge >= 0.3 is 6.18 Å². The number of halogens is 4. The molecule has 0 amide bonds.